The molecule has 0 bridgehead atoms. The summed E-state index contributed by atoms with van der Waals surface area (Å²) in [4.78, 5) is 28.8. The maximum atomic E-state index is 13.3. The average Bonchev–Trinajstić information content (AvgIpc) is 3.45. The smallest absolute Gasteiger partial charge is 0.271 e. The van der Waals surface area contributed by atoms with E-state index in [9.17, 15) is 14.9 Å². The van der Waals surface area contributed by atoms with Crippen LogP contribution in [0.2, 0.25) is 0 Å². The van der Waals surface area contributed by atoms with Crippen LogP contribution in [-0.2, 0) is 5.54 Å². The van der Waals surface area contributed by atoms with E-state index in [4.69, 9.17) is 4.98 Å². The molecule has 1 amide bonds. The molecule has 1 fully saturated rings. The number of anilines is 1. The number of hydrogen-bond donors (Lipinski definition) is 1. The number of non-ortho nitro benzene ring substituents is 1. The molecule has 156 valence electrons. The van der Waals surface area contributed by atoms with Crippen LogP contribution in [0, 0.1) is 24.0 Å². The number of hydrogen-bond acceptors (Lipinski definition) is 5. The molecule has 8 heteroatoms. The van der Waals surface area contributed by atoms with E-state index in [2.05, 4.69) is 31.2 Å². The Morgan fingerprint density at radius 1 is 1.23 bits per heavy atom. The summed E-state index contributed by atoms with van der Waals surface area (Å²) in [6, 6.07) is 6.30. The van der Waals surface area contributed by atoms with Gasteiger partial charge in [0.25, 0.3) is 11.6 Å². The lowest BCUT2D eigenvalue weighted by Gasteiger charge is -2.20. The van der Waals surface area contributed by atoms with Crippen LogP contribution in [0.25, 0.3) is 11.0 Å². The third-order valence-corrected chi connectivity index (χ3v) is 5.39. The molecule has 3 aromatic rings. The molecule has 0 spiro atoms. The van der Waals surface area contributed by atoms with E-state index < -0.39 is 4.92 Å². The topological polar surface area (TPSA) is 103 Å². The van der Waals surface area contributed by atoms with Gasteiger partial charge in [-0.1, -0.05) is 6.07 Å². The first-order valence-electron chi connectivity index (χ1n) is 10.0. The highest BCUT2D eigenvalue weighted by Crippen LogP contribution is 2.41. The number of fused-ring (bicyclic) bond motifs is 1. The van der Waals surface area contributed by atoms with Crippen LogP contribution in [0.1, 0.15) is 66.8 Å². The molecule has 1 saturated carbocycles. The van der Waals surface area contributed by atoms with Crippen molar-refractivity contribution in [1.82, 2.24) is 14.8 Å². The highest BCUT2D eigenvalue weighted by Gasteiger charge is 2.30. The zero-order chi connectivity index (χ0) is 21.8. The summed E-state index contributed by atoms with van der Waals surface area (Å²) < 4.78 is 1.87. The van der Waals surface area contributed by atoms with Crippen molar-refractivity contribution in [3.63, 3.8) is 0 Å². The van der Waals surface area contributed by atoms with Crippen molar-refractivity contribution in [1.29, 1.82) is 0 Å². The van der Waals surface area contributed by atoms with E-state index in [1.807, 2.05) is 17.7 Å². The first-order valence-corrected chi connectivity index (χ1v) is 10.0. The number of benzene rings is 1. The van der Waals surface area contributed by atoms with Crippen LogP contribution >= 0.6 is 0 Å². The second-order valence-electron chi connectivity index (χ2n) is 8.95. The monoisotopic (exact) mass is 407 g/mol. The van der Waals surface area contributed by atoms with Crippen LogP contribution in [0.3, 0.4) is 0 Å². The highest BCUT2D eigenvalue weighted by atomic mass is 16.6. The fraction of sp³-hybridized carbons (Fsp3) is 0.409. The van der Waals surface area contributed by atoms with Gasteiger partial charge in [0.2, 0.25) is 0 Å². The van der Waals surface area contributed by atoms with Crippen LogP contribution in [-0.4, -0.2) is 25.6 Å². The van der Waals surface area contributed by atoms with Crippen LogP contribution < -0.4 is 5.32 Å². The number of nitrogens with zero attached hydrogens (tertiary/aromatic N) is 4. The molecule has 30 heavy (non-hydrogen) atoms. The van der Waals surface area contributed by atoms with Crippen molar-refractivity contribution in [2.24, 2.45) is 0 Å². The normalized spacial score (nSPS) is 14.2. The Bertz CT molecular complexity index is 1190. The molecule has 4 rings (SSSR count). The van der Waals surface area contributed by atoms with E-state index in [1.54, 1.807) is 13.0 Å². The molecule has 2 aromatic heterocycles. The summed E-state index contributed by atoms with van der Waals surface area (Å²) in [7, 11) is 0. The van der Waals surface area contributed by atoms with Gasteiger partial charge in [0.05, 0.1) is 32.8 Å². The minimum Gasteiger partial charge on any atom is -0.321 e. The molecule has 0 saturated heterocycles. The van der Waals surface area contributed by atoms with Crippen LogP contribution in [0.4, 0.5) is 11.4 Å². The fourth-order valence-electron chi connectivity index (χ4n) is 3.59. The fourth-order valence-corrected chi connectivity index (χ4v) is 3.59. The standard InChI is InChI=1S/C22H25N5O3/c1-12-6-9-15(27(29)30)10-17(12)24-21(28)16-11-18(14-7-8-14)23-20-19(16)13(2)25-26(20)22(3,4)5/h6,9-11,14H,7-8H2,1-5H3,(H,24,28). The minimum atomic E-state index is -0.470. The second-order valence-corrected chi connectivity index (χ2v) is 8.95. The number of aromatic nitrogens is 3. The van der Waals surface area contributed by atoms with Gasteiger partial charge >= 0.3 is 0 Å². The van der Waals surface area contributed by atoms with E-state index in [0.29, 0.717) is 22.8 Å². The minimum absolute atomic E-state index is 0.0637. The van der Waals surface area contributed by atoms with Gasteiger partial charge in [-0.05, 0) is 59.1 Å². The van der Waals surface area contributed by atoms with Crippen LogP contribution in [0.5, 0.6) is 0 Å². The van der Waals surface area contributed by atoms with Gasteiger partial charge in [0.15, 0.2) is 5.65 Å². The van der Waals surface area contributed by atoms with Crippen molar-refractivity contribution >= 4 is 28.3 Å². The summed E-state index contributed by atoms with van der Waals surface area (Å²) in [5.74, 6) is 0.0496. The van der Waals surface area contributed by atoms with Gasteiger partial charge < -0.3 is 5.32 Å². The van der Waals surface area contributed by atoms with E-state index >= 15 is 0 Å². The first kappa shape index (κ1) is 20.0. The van der Waals surface area contributed by atoms with Crippen molar-refractivity contribution in [2.45, 2.75) is 58.9 Å². The Morgan fingerprint density at radius 3 is 2.53 bits per heavy atom. The number of carbonyl (C=O) groups excluding carboxylic acids is 1. The molecule has 0 unspecified atom stereocenters. The molecule has 0 radical (unpaired) electrons. The number of nitro benzene ring substituents is 1. The molecule has 0 aliphatic heterocycles. The molecular weight excluding hydrogens is 382 g/mol. The quantitative estimate of drug-likeness (QED) is 0.492. The maximum absolute atomic E-state index is 13.3. The van der Waals surface area contributed by atoms with Gasteiger partial charge in [-0.15, -0.1) is 0 Å². The lowest BCUT2D eigenvalue weighted by Crippen LogP contribution is -2.24. The summed E-state index contributed by atoms with van der Waals surface area (Å²) in [5.41, 5.74) is 3.66. The summed E-state index contributed by atoms with van der Waals surface area (Å²) in [6.07, 6.45) is 2.12. The number of pyridine rings is 1. The van der Waals surface area contributed by atoms with Gasteiger partial charge in [0.1, 0.15) is 0 Å². The van der Waals surface area contributed by atoms with Gasteiger partial charge in [0, 0.05) is 23.7 Å². The first-order chi connectivity index (χ1) is 14.1. The van der Waals surface area contributed by atoms with Crippen molar-refractivity contribution in [2.75, 3.05) is 5.32 Å². The number of nitrogens with one attached hydrogen (secondary N) is 1. The summed E-state index contributed by atoms with van der Waals surface area (Å²) >= 11 is 0. The van der Waals surface area contributed by atoms with E-state index in [-0.39, 0.29) is 17.1 Å². The second kappa shape index (κ2) is 6.90. The summed E-state index contributed by atoms with van der Waals surface area (Å²) in [5, 5.41) is 19.4. The number of amides is 1. The number of rotatable bonds is 4. The molecule has 1 aliphatic rings. The maximum Gasteiger partial charge on any atom is 0.271 e. The average molecular weight is 407 g/mol. The Morgan fingerprint density at radius 2 is 1.93 bits per heavy atom. The third kappa shape index (κ3) is 3.53. The SMILES string of the molecule is Cc1ccc([N+](=O)[O-])cc1NC(=O)c1cc(C2CC2)nc2c1c(C)nn2C(C)(C)C. The van der Waals surface area contributed by atoms with Crippen molar-refractivity contribution < 1.29 is 9.72 Å². The predicted molar refractivity (Wildman–Crippen MR) is 115 cm³/mol. The van der Waals surface area contributed by atoms with Crippen molar-refractivity contribution in [3.05, 3.63) is 56.9 Å². The molecule has 0 atom stereocenters. The zero-order valence-corrected chi connectivity index (χ0v) is 17.8. The van der Waals surface area contributed by atoms with E-state index in [0.717, 1.165) is 35.2 Å². The number of nitro groups is 1. The lowest BCUT2D eigenvalue weighted by atomic mass is 10.1. The highest BCUT2D eigenvalue weighted by molar-refractivity contribution is 6.13. The molecule has 1 aliphatic carbocycles. The lowest BCUT2D eigenvalue weighted by molar-refractivity contribution is -0.384. The predicted octanol–water partition coefficient (Wildman–Crippen LogP) is 4.84. The van der Waals surface area contributed by atoms with Gasteiger partial charge in [-0.25, -0.2) is 9.67 Å². The summed E-state index contributed by atoms with van der Waals surface area (Å²) in [6.45, 7) is 9.84. The Kier molecular flexibility index (Phi) is 4.60. The Labute approximate surface area is 174 Å². The Hall–Kier alpha value is -3.29. The zero-order valence-electron chi connectivity index (χ0n) is 17.8. The molecule has 1 N–H and O–H groups in total. The molecular formula is C22H25N5O3. The van der Waals surface area contributed by atoms with Gasteiger partial charge in [-0.3, -0.25) is 14.9 Å². The van der Waals surface area contributed by atoms with Gasteiger partial charge in [-0.2, -0.15) is 5.10 Å². The molecule has 2 heterocycles. The van der Waals surface area contributed by atoms with E-state index in [1.165, 1.54) is 12.1 Å². The Balaban J connectivity index is 1.84. The molecule has 8 nitrogen and oxygen atoms in total. The third-order valence-electron chi connectivity index (χ3n) is 5.39. The number of aryl methyl sites for hydroxylation is 2. The number of carbonyl (C=O) groups is 1. The van der Waals surface area contributed by atoms with Crippen molar-refractivity contribution in [3.8, 4) is 0 Å². The molecule has 1 aromatic carbocycles. The van der Waals surface area contributed by atoms with Crippen LogP contribution in [0.15, 0.2) is 24.3 Å². The largest absolute Gasteiger partial charge is 0.321 e.